The monoisotopic (exact) mass is 387 g/mol. The molecule has 7 nitrogen and oxygen atoms in total. The molecule has 3 rings (SSSR count). The zero-order chi connectivity index (χ0) is 19.4. The molecule has 0 radical (unpaired) electrons. The van der Waals surface area contributed by atoms with E-state index in [0.29, 0.717) is 19.3 Å². The standard InChI is InChI=1S/C19H21N3O4S/c23-17(24)12-22-19(26)15(9-8-14-7-4-10-21(14)22)20-18(25)16(27)11-13-5-2-1-3-6-13/h1-7,10,15-16,27H,8-9,11-12H2,(H,20,25)(H,23,24)/t15-,16-/m0/s1. The Balaban J connectivity index is 1.70. The number of carbonyl (C=O) groups is 3. The second-order valence-electron chi connectivity index (χ2n) is 6.44. The molecule has 2 aromatic rings. The van der Waals surface area contributed by atoms with Crippen molar-refractivity contribution >= 4 is 30.4 Å². The average molecular weight is 387 g/mol. The van der Waals surface area contributed by atoms with E-state index < -0.39 is 29.7 Å². The van der Waals surface area contributed by atoms with Crippen LogP contribution in [0.25, 0.3) is 0 Å². The molecule has 0 spiro atoms. The summed E-state index contributed by atoms with van der Waals surface area (Å²) in [5.41, 5.74) is 1.80. The third-order valence-electron chi connectivity index (χ3n) is 4.49. The SMILES string of the molecule is O=C(O)CN1C(=O)[C@@H](NC(=O)[C@@H](S)Cc2ccccc2)CCc2cccn21. The van der Waals surface area contributed by atoms with Gasteiger partial charge in [0.1, 0.15) is 12.6 Å². The highest BCUT2D eigenvalue weighted by molar-refractivity contribution is 7.81. The van der Waals surface area contributed by atoms with Crippen LogP contribution in [0.5, 0.6) is 0 Å². The van der Waals surface area contributed by atoms with E-state index in [0.717, 1.165) is 16.3 Å². The molecule has 0 unspecified atom stereocenters. The fourth-order valence-corrected chi connectivity index (χ4v) is 3.44. The fourth-order valence-electron chi connectivity index (χ4n) is 3.16. The van der Waals surface area contributed by atoms with Crippen LogP contribution in [0.4, 0.5) is 0 Å². The number of hydrogen-bond acceptors (Lipinski definition) is 4. The lowest BCUT2D eigenvalue weighted by molar-refractivity contribution is -0.137. The number of carboxylic acids is 1. The molecular formula is C19H21N3O4S. The molecule has 0 bridgehead atoms. The molecule has 8 heteroatoms. The number of carboxylic acid groups (broad SMARTS) is 1. The van der Waals surface area contributed by atoms with Crippen molar-refractivity contribution in [3.05, 3.63) is 59.9 Å². The van der Waals surface area contributed by atoms with Gasteiger partial charge in [0, 0.05) is 11.9 Å². The third-order valence-corrected chi connectivity index (χ3v) is 4.91. The predicted molar refractivity (Wildman–Crippen MR) is 103 cm³/mol. The average Bonchev–Trinajstić information content (AvgIpc) is 3.07. The first-order valence-electron chi connectivity index (χ1n) is 8.68. The molecule has 2 heterocycles. The number of fused-ring (bicyclic) bond motifs is 1. The van der Waals surface area contributed by atoms with E-state index in [-0.39, 0.29) is 5.91 Å². The Morgan fingerprint density at radius 2 is 1.96 bits per heavy atom. The van der Waals surface area contributed by atoms with Crippen molar-refractivity contribution in [2.45, 2.75) is 30.6 Å². The summed E-state index contributed by atoms with van der Waals surface area (Å²) < 4.78 is 1.55. The minimum absolute atomic E-state index is 0.345. The number of nitrogens with one attached hydrogen (secondary N) is 1. The first-order valence-corrected chi connectivity index (χ1v) is 9.19. The molecule has 2 amide bonds. The van der Waals surface area contributed by atoms with Gasteiger partial charge in [-0.2, -0.15) is 12.6 Å². The lowest BCUT2D eigenvalue weighted by Crippen LogP contribution is -2.54. The number of amides is 2. The molecule has 142 valence electrons. The van der Waals surface area contributed by atoms with E-state index in [9.17, 15) is 14.4 Å². The number of aromatic nitrogens is 1. The number of nitrogens with zero attached hydrogens (tertiary/aromatic N) is 2. The first kappa shape index (κ1) is 19.0. The summed E-state index contributed by atoms with van der Waals surface area (Å²) >= 11 is 4.37. The summed E-state index contributed by atoms with van der Waals surface area (Å²) in [5.74, 6) is -1.91. The zero-order valence-electron chi connectivity index (χ0n) is 14.6. The maximum Gasteiger partial charge on any atom is 0.325 e. The predicted octanol–water partition coefficient (Wildman–Crippen LogP) is 1.01. The number of thiol groups is 1. The fraction of sp³-hybridized carbons (Fsp3) is 0.316. The van der Waals surface area contributed by atoms with Crippen LogP contribution in [0.15, 0.2) is 48.7 Å². The van der Waals surface area contributed by atoms with E-state index in [1.54, 1.807) is 16.9 Å². The Kier molecular flexibility index (Phi) is 5.85. The van der Waals surface area contributed by atoms with Gasteiger partial charge in [0.25, 0.3) is 5.91 Å². The summed E-state index contributed by atoms with van der Waals surface area (Å²) in [6.07, 6.45) is 3.04. The quantitative estimate of drug-likeness (QED) is 0.645. The van der Waals surface area contributed by atoms with Crippen LogP contribution in [0, 0.1) is 0 Å². The van der Waals surface area contributed by atoms with E-state index in [1.807, 2.05) is 36.4 Å². The smallest absolute Gasteiger partial charge is 0.325 e. The van der Waals surface area contributed by atoms with Crippen LogP contribution in [-0.4, -0.2) is 45.4 Å². The zero-order valence-corrected chi connectivity index (χ0v) is 15.5. The van der Waals surface area contributed by atoms with Gasteiger partial charge in [0.05, 0.1) is 5.25 Å². The van der Waals surface area contributed by atoms with Gasteiger partial charge in [-0.1, -0.05) is 30.3 Å². The summed E-state index contributed by atoms with van der Waals surface area (Å²) in [4.78, 5) is 36.6. The number of hydrogen-bond donors (Lipinski definition) is 3. The van der Waals surface area contributed by atoms with E-state index in [4.69, 9.17) is 5.11 Å². The molecule has 0 fully saturated rings. The molecule has 0 aliphatic carbocycles. The van der Waals surface area contributed by atoms with Crippen molar-refractivity contribution in [2.24, 2.45) is 0 Å². The van der Waals surface area contributed by atoms with Crippen molar-refractivity contribution < 1.29 is 19.5 Å². The molecule has 27 heavy (non-hydrogen) atoms. The number of aliphatic carboxylic acids is 1. The molecule has 0 saturated carbocycles. The maximum atomic E-state index is 12.9. The third kappa shape index (κ3) is 4.51. The van der Waals surface area contributed by atoms with Crippen molar-refractivity contribution in [1.29, 1.82) is 0 Å². The molecule has 1 aliphatic heterocycles. The van der Waals surface area contributed by atoms with Crippen molar-refractivity contribution in [3.63, 3.8) is 0 Å². The van der Waals surface area contributed by atoms with Gasteiger partial charge < -0.3 is 10.4 Å². The Morgan fingerprint density at radius 1 is 1.22 bits per heavy atom. The number of carbonyl (C=O) groups excluding carboxylic acids is 2. The summed E-state index contributed by atoms with van der Waals surface area (Å²) in [6.45, 7) is -0.471. The molecule has 2 N–H and O–H groups in total. The van der Waals surface area contributed by atoms with E-state index in [1.165, 1.54) is 0 Å². The summed E-state index contributed by atoms with van der Waals surface area (Å²) in [6, 6.07) is 12.3. The van der Waals surface area contributed by atoms with Crippen molar-refractivity contribution in [3.8, 4) is 0 Å². The highest BCUT2D eigenvalue weighted by atomic mass is 32.1. The second-order valence-corrected chi connectivity index (χ2v) is 7.06. The molecular weight excluding hydrogens is 366 g/mol. The Bertz CT molecular complexity index is 836. The molecule has 0 saturated heterocycles. The Morgan fingerprint density at radius 3 is 2.67 bits per heavy atom. The van der Waals surface area contributed by atoms with Gasteiger partial charge >= 0.3 is 5.97 Å². The molecule has 1 aromatic heterocycles. The van der Waals surface area contributed by atoms with Crippen LogP contribution in [0.3, 0.4) is 0 Å². The van der Waals surface area contributed by atoms with E-state index >= 15 is 0 Å². The largest absolute Gasteiger partial charge is 0.480 e. The number of benzene rings is 1. The molecule has 2 atom stereocenters. The molecule has 1 aliphatic rings. The van der Waals surface area contributed by atoms with Crippen LogP contribution >= 0.6 is 12.6 Å². The maximum absolute atomic E-state index is 12.9. The lowest BCUT2D eigenvalue weighted by Gasteiger charge is -2.26. The van der Waals surface area contributed by atoms with Gasteiger partial charge in [0.2, 0.25) is 5.91 Å². The van der Waals surface area contributed by atoms with Gasteiger partial charge in [-0.3, -0.25) is 19.1 Å². The van der Waals surface area contributed by atoms with Gasteiger partial charge in [-0.15, -0.1) is 0 Å². The van der Waals surface area contributed by atoms with Crippen LogP contribution in [-0.2, 0) is 27.2 Å². The second kappa shape index (κ2) is 8.30. The lowest BCUT2D eigenvalue weighted by atomic mass is 10.1. The van der Waals surface area contributed by atoms with Crippen LogP contribution < -0.4 is 10.3 Å². The van der Waals surface area contributed by atoms with Gasteiger partial charge in [0.15, 0.2) is 0 Å². The van der Waals surface area contributed by atoms with Gasteiger partial charge in [-0.05, 0) is 37.0 Å². The minimum Gasteiger partial charge on any atom is -0.480 e. The van der Waals surface area contributed by atoms with Crippen LogP contribution in [0.2, 0.25) is 0 Å². The Hall–Kier alpha value is -2.74. The number of aryl methyl sites for hydroxylation is 1. The highest BCUT2D eigenvalue weighted by Gasteiger charge is 2.33. The highest BCUT2D eigenvalue weighted by Crippen LogP contribution is 2.16. The molecule has 1 aromatic carbocycles. The minimum atomic E-state index is -1.12. The Labute approximate surface area is 162 Å². The number of rotatable bonds is 6. The van der Waals surface area contributed by atoms with Crippen molar-refractivity contribution in [1.82, 2.24) is 9.99 Å². The summed E-state index contributed by atoms with van der Waals surface area (Å²) in [5, 5.41) is 12.4. The van der Waals surface area contributed by atoms with Gasteiger partial charge in [-0.25, -0.2) is 5.01 Å². The van der Waals surface area contributed by atoms with Crippen molar-refractivity contribution in [2.75, 3.05) is 11.6 Å². The normalized spacial score (nSPS) is 17.7. The first-order chi connectivity index (χ1) is 13.0. The summed E-state index contributed by atoms with van der Waals surface area (Å²) in [7, 11) is 0. The van der Waals surface area contributed by atoms with Crippen LogP contribution in [0.1, 0.15) is 17.7 Å². The topological polar surface area (TPSA) is 91.6 Å². The van der Waals surface area contributed by atoms with E-state index in [2.05, 4.69) is 17.9 Å².